The van der Waals surface area contributed by atoms with Gasteiger partial charge in [-0.15, -0.1) is 0 Å². The Labute approximate surface area is 325 Å². The molecule has 0 rings (SSSR count). The van der Waals surface area contributed by atoms with E-state index in [-0.39, 0.29) is 18.0 Å². The number of carbonyl (C=O) groups is 2. The number of unbranched alkanes of at least 4 members (excludes halogenated alkanes) is 25. The van der Waals surface area contributed by atoms with Crippen LogP contribution in [0, 0.1) is 0 Å². The molecule has 0 amide bonds. The summed E-state index contributed by atoms with van der Waals surface area (Å²) in [6, 6.07) is 0. The van der Waals surface area contributed by atoms with E-state index in [1.165, 1.54) is 161 Å². The lowest BCUT2D eigenvalue weighted by Gasteiger charge is -2.22. The molecule has 0 saturated carbocycles. The number of hydrogen-bond acceptors (Lipinski definition) is 6. The number of ether oxygens (including phenoxy) is 3. The Morgan fingerprint density at radius 1 is 0.423 bits per heavy atom. The summed E-state index contributed by atoms with van der Waals surface area (Å²) in [6.07, 6.45) is 40.3. The number of rotatable bonds is 43. The summed E-state index contributed by atoms with van der Waals surface area (Å²) in [5.41, 5.74) is 0. The second-order valence-corrected chi connectivity index (χ2v) is 15.8. The maximum atomic E-state index is 12.7. The smallest absolute Gasteiger partial charge is 0.306 e. The largest absolute Gasteiger partial charge is 0.466 e. The zero-order chi connectivity index (χ0) is 38.0. The lowest BCUT2D eigenvalue weighted by molar-refractivity contribution is -0.150. The fraction of sp³-hybridized carbons (Fsp3) is 0.957. The first-order valence-corrected chi connectivity index (χ1v) is 23.1. The molecule has 0 saturated heterocycles. The topological polar surface area (TPSA) is 65.1 Å². The Morgan fingerprint density at radius 3 is 1.27 bits per heavy atom. The lowest BCUT2D eigenvalue weighted by Crippen LogP contribution is -2.29. The van der Waals surface area contributed by atoms with Crippen LogP contribution in [0.1, 0.15) is 239 Å². The van der Waals surface area contributed by atoms with Crippen LogP contribution in [0.25, 0.3) is 0 Å². The van der Waals surface area contributed by atoms with E-state index < -0.39 is 0 Å². The van der Waals surface area contributed by atoms with Gasteiger partial charge in [0.15, 0.2) is 0 Å². The van der Waals surface area contributed by atoms with Crippen LogP contribution in [0.15, 0.2) is 0 Å². The summed E-state index contributed by atoms with van der Waals surface area (Å²) in [5.74, 6) is 0.0154. The van der Waals surface area contributed by atoms with E-state index in [0.717, 1.165) is 71.2 Å². The van der Waals surface area contributed by atoms with Gasteiger partial charge in [0, 0.05) is 26.5 Å². The molecule has 0 fully saturated rings. The highest BCUT2D eigenvalue weighted by Gasteiger charge is 2.14. The minimum atomic E-state index is -0.0140. The molecule has 0 radical (unpaired) electrons. The molecule has 0 aliphatic carbocycles. The van der Waals surface area contributed by atoms with Crippen LogP contribution in [0.3, 0.4) is 0 Å². The van der Waals surface area contributed by atoms with Crippen molar-refractivity contribution >= 4 is 11.9 Å². The molecule has 0 bridgehead atoms. The third-order valence-electron chi connectivity index (χ3n) is 10.6. The van der Waals surface area contributed by atoms with Gasteiger partial charge in [-0.1, -0.05) is 168 Å². The average Bonchev–Trinajstić information content (AvgIpc) is 3.14. The quantitative estimate of drug-likeness (QED) is 0.0458. The molecule has 52 heavy (non-hydrogen) atoms. The number of methoxy groups -OCH3 is 1. The van der Waals surface area contributed by atoms with Gasteiger partial charge in [0.25, 0.3) is 0 Å². The van der Waals surface area contributed by atoms with Gasteiger partial charge in [0.1, 0.15) is 6.10 Å². The first-order chi connectivity index (χ1) is 25.6. The second-order valence-electron chi connectivity index (χ2n) is 15.8. The molecule has 0 aromatic heterocycles. The van der Waals surface area contributed by atoms with Gasteiger partial charge in [0.2, 0.25) is 0 Å². The van der Waals surface area contributed by atoms with Crippen LogP contribution >= 0.6 is 0 Å². The first kappa shape index (κ1) is 50.9. The Morgan fingerprint density at radius 2 is 0.808 bits per heavy atom. The van der Waals surface area contributed by atoms with E-state index in [4.69, 9.17) is 14.2 Å². The van der Waals surface area contributed by atoms with Gasteiger partial charge >= 0.3 is 11.9 Å². The molecule has 0 aliphatic rings. The molecule has 310 valence electrons. The molecule has 0 N–H and O–H groups in total. The zero-order valence-corrected chi connectivity index (χ0v) is 35.6. The van der Waals surface area contributed by atoms with E-state index in [1.807, 2.05) is 0 Å². The van der Waals surface area contributed by atoms with Crippen LogP contribution in [0.2, 0.25) is 0 Å². The van der Waals surface area contributed by atoms with Crippen molar-refractivity contribution in [1.29, 1.82) is 0 Å². The predicted octanol–water partition coefficient (Wildman–Crippen LogP) is 13.7. The van der Waals surface area contributed by atoms with Crippen LogP contribution in [-0.2, 0) is 23.8 Å². The summed E-state index contributed by atoms with van der Waals surface area (Å²) in [5, 5.41) is 0. The summed E-state index contributed by atoms with van der Waals surface area (Å²) < 4.78 is 16.9. The molecule has 0 spiro atoms. The summed E-state index contributed by atoms with van der Waals surface area (Å²) in [6.45, 7) is 11.4. The molecule has 6 heteroatoms. The van der Waals surface area contributed by atoms with Crippen molar-refractivity contribution in [2.24, 2.45) is 0 Å². The maximum Gasteiger partial charge on any atom is 0.306 e. The molecular weight excluding hydrogens is 647 g/mol. The van der Waals surface area contributed by atoms with Crippen molar-refractivity contribution in [3.8, 4) is 0 Å². The predicted molar refractivity (Wildman–Crippen MR) is 223 cm³/mol. The summed E-state index contributed by atoms with van der Waals surface area (Å²) in [4.78, 5) is 27.3. The lowest BCUT2D eigenvalue weighted by atomic mass is 10.0. The standard InChI is InChI=1S/C46H91NO5/c1-5-8-11-14-17-18-27-34-42-51-45(48)37-30-23-19-25-32-39-47(41-43-50-4)40-33-26-20-24-31-38-46(49)52-44(35-28-21-15-12-9-6-2)36-29-22-16-13-10-7-3/h44H,5-43H2,1-4H3. The third-order valence-corrected chi connectivity index (χ3v) is 10.6. The number of carbonyl (C=O) groups excluding carboxylic acids is 2. The van der Waals surface area contributed by atoms with Crippen molar-refractivity contribution < 1.29 is 23.8 Å². The Hall–Kier alpha value is -1.14. The van der Waals surface area contributed by atoms with Crippen molar-refractivity contribution in [1.82, 2.24) is 4.90 Å². The number of nitrogens with zero attached hydrogens (tertiary/aromatic N) is 1. The molecule has 0 aliphatic heterocycles. The van der Waals surface area contributed by atoms with Crippen molar-refractivity contribution in [2.75, 3.05) is 40.0 Å². The summed E-state index contributed by atoms with van der Waals surface area (Å²) in [7, 11) is 1.79. The van der Waals surface area contributed by atoms with Crippen LogP contribution in [0.5, 0.6) is 0 Å². The highest BCUT2D eigenvalue weighted by Crippen LogP contribution is 2.18. The number of esters is 2. The fourth-order valence-corrected chi connectivity index (χ4v) is 7.13. The SMILES string of the molecule is CCCCCCCCCCOC(=O)CCCCCCCN(CCCCCCCC(=O)OC(CCCCCCCC)CCCCCCCC)CCOC. The normalized spacial score (nSPS) is 11.6. The van der Waals surface area contributed by atoms with Crippen LogP contribution < -0.4 is 0 Å². The van der Waals surface area contributed by atoms with Gasteiger partial charge in [-0.25, -0.2) is 0 Å². The van der Waals surface area contributed by atoms with Crippen molar-refractivity contribution in [3.63, 3.8) is 0 Å². The zero-order valence-electron chi connectivity index (χ0n) is 35.6. The molecular formula is C46H91NO5. The van der Waals surface area contributed by atoms with Gasteiger partial charge in [0.05, 0.1) is 13.2 Å². The molecule has 0 aromatic carbocycles. The number of hydrogen-bond donors (Lipinski definition) is 0. The van der Waals surface area contributed by atoms with E-state index in [1.54, 1.807) is 7.11 Å². The van der Waals surface area contributed by atoms with E-state index in [9.17, 15) is 9.59 Å². The van der Waals surface area contributed by atoms with Crippen molar-refractivity contribution in [2.45, 2.75) is 245 Å². The molecule has 0 atom stereocenters. The second kappa shape index (κ2) is 42.6. The molecule has 6 nitrogen and oxygen atoms in total. The Bertz CT molecular complexity index is 716. The Kier molecular flexibility index (Phi) is 41.7. The molecule has 0 aromatic rings. The van der Waals surface area contributed by atoms with E-state index in [0.29, 0.717) is 19.4 Å². The van der Waals surface area contributed by atoms with Gasteiger partial charge in [-0.05, 0) is 70.9 Å². The van der Waals surface area contributed by atoms with Gasteiger partial charge < -0.3 is 19.1 Å². The van der Waals surface area contributed by atoms with E-state index in [2.05, 4.69) is 25.7 Å². The van der Waals surface area contributed by atoms with Gasteiger partial charge in [-0.2, -0.15) is 0 Å². The summed E-state index contributed by atoms with van der Waals surface area (Å²) >= 11 is 0. The minimum absolute atomic E-state index is 0.0140. The van der Waals surface area contributed by atoms with Crippen LogP contribution in [-0.4, -0.2) is 62.9 Å². The highest BCUT2D eigenvalue weighted by molar-refractivity contribution is 5.69. The van der Waals surface area contributed by atoms with E-state index >= 15 is 0 Å². The average molecular weight is 738 g/mol. The first-order valence-electron chi connectivity index (χ1n) is 23.1. The molecule has 0 unspecified atom stereocenters. The molecule has 0 heterocycles. The monoisotopic (exact) mass is 738 g/mol. The third kappa shape index (κ3) is 38.6. The van der Waals surface area contributed by atoms with Crippen LogP contribution in [0.4, 0.5) is 0 Å². The maximum absolute atomic E-state index is 12.7. The fourth-order valence-electron chi connectivity index (χ4n) is 7.13. The highest BCUT2D eigenvalue weighted by atomic mass is 16.5. The minimum Gasteiger partial charge on any atom is -0.466 e. The van der Waals surface area contributed by atoms with Crippen molar-refractivity contribution in [3.05, 3.63) is 0 Å². The Balaban J connectivity index is 4.01. The van der Waals surface area contributed by atoms with Gasteiger partial charge in [-0.3, -0.25) is 9.59 Å².